The number of alkyl halides is 2. The Morgan fingerprint density at radius 2 is 1.64 bits per heavy atom. The van der Waals surface area contributed by atoms with Crippen LogP contribution in [-0.4, -0.2) is 0 Å². The Hall–Kier alpha value is -0.990. The number of halogens is 3. The minimum absolute atomic E-state index is 0.121. The molecule has 0 aliphatic heterocycles. The Kier molecular flexibility index (Phi) is 4.68. The van der Waals surface area contributed by atoms with E-state index in [0.29, 0.717) is 0 Å². The summed E-state index contributed by atoms with van der Waals surface area (Å²) < 4.78 is 37.9. The highest BCUT2D eigenvalue weighted by Crippen LogP contribution is 2.29. The van der Waals surface area contributed by atoms with Crippen LogP contribution in [0.1, 0.15) is 31.9 Å². The van der Waals surface area contributed by atoms with Crippen molar-refractivity contribution in [1.29, 1.82) is 0 Å². The number of rotatable bonds is 1. The third-order valence-electron chi connectivity index (χ3n) is 1.66. The normalized spacial score (nSPS) is 10.5. The third-order valence-corrected chi connectivity index (χ3v) is 1.66. The molecule has 0 spiro atoms. The van der Waals surface area contributed by atoms with E-state index in [1.54, 1.807) is 0 Å². The molecule has 80 valence electrons. The molecule has 0 nitrogen and oxygen atoms in total. The summed E-state index contributed by atoms with van der Waals surface area (Å²) in [6.07, 6.45) is 0. The molecular weight excluding hydrogens is 189 g/mol. The van der Waals surface area contributed by atoms with Gasteiger partial charge in [0.2, 0.25) is 0 Å². The highest BCUT2D eigenvalue weighted by Gasteiger charge is 2.25. The second kappa shape index (κ2) is 5.03. The van der Waals surface area contributed by atoms with Gasteiger partial charge < -0.3 is 0 Å². The molecule has 0 radical (unpaired) electrons. The van der Waals surface area contributed by atoms with Crippen molar-refractivity contribution in [1.82, 2.24) is 0 Å². The van der Waals surface area contributed by atoms with E-state index >= 15 is 0 Å². The van der Waals surface area contributed by atoms with Gasteiger partial charge in [0.25, 0.3) is 5.92 Å². The molecular formula is C11H15F3. The highest BCUT2D eigenvalue weighted by molar-refractivity contribution is 5.29. The van der Waals surface area contributed by atoms with E-state index in [1.165, 1.54) is 6.92 Å². The summed E-state index contributed by atoms with van der Waals surface area (Å²) in [7, 11) is 0. The van der Waals surface area contributed by atoms with Gasteiger partial charge in [-0.15, -0.1) is 0 Å². The number of aryl methyl sites for hydroxylation is 1. The van der Waals surface area contributed by atoms with E-state index < -0.39 is 11.7 Å². The lowest BCUT2D eigenvalue weighted by Gasteiger charge is -2.12. The Morgan fingerprint density at radius 3 is 2.00 bits per heavy atom. The van der Waals surface area contributed by atoms with Crippen LogP contribution >= 0.6 is 0 Å². The van der Waals surface area contributed by atoms with E-state index in [4.69, 9.17) is 0 Å². The van der Waals surface area contributed by atoms with Crippen molar-refractivity contribution in [2.45, 2.75) is 33.6 Å². The molecule has 0 saturated heterocycles. The fourth-order valence-corrected chi connectivity index (χ4v) is 1.12. The number of hydrogen-bond acceptors (Lipinski definition) is 0. The summed E-state index contributed by atoms with van der Waals surface area (Å²) in [4.78, 5) is 0. The maximum atomic E-state index is 12.7. The predicted molar refractivity (Wildman–Crippen MR) is 52.1 cm³/mol. The standard InChI is InChI=1S/C9H9F3.C2H6/c1-6-5-7(10)3-4-8(6)9(2,11)12;1-2/h3-5H,1-2H3;1-2H3. The molecule has 0 aromatic heterocycles. The highest BCUT2D eigenvalue weighted by atomic mass is 19.3. The van der Waals surface area contributed by atoms with Gasteiger partial charge in [-0.1, -0.05) is 13.8 Å². The van der Waals surface area contributed by atoms with Crippen molar-refractivity contribution in [3.05, 3.63) is 35.1 Å². The molecule has 0 bridgehead atoms. The first-order chi connectivity index (χ1) is 6.41. The van der Waals surface area contributed by atoms with E-state index in [0.717, 1.165) is 25.1 Å². The Bertz CT molecular complexity index is 287. The summed E-state index contributed by atoms with van der Waals surface area (Å²) in [6, 6.07) is 3.26. The zero-order valence-electron chi connectivity index (χ0n) is 8.87. The molecule has 0 N–H and O–H groups in total. The first kappa shape index (κ1) is 13.0. The zero-order valence-corrected chi connectivity index (χ0v) is 8.87. The molecule has 1 aromatic rings. The van der Waals surface area contributed by atoms with Gasteiger partial charge in [-0.25, -0.2) is 13.2 Å². The van der Waals surface area contributed by atoms with Gasteiger partial charge >= 0.3 is 0 Å². The summed E-state index contributed by atoms with van der Waals surface area (Å²) in [5, 5.41) is 0. The van der Waals surface area contributed by atoms with E-state index in [1.807, 2.05) is 13.8 Å². The van der Waals surface area contributed by atoms with Crippen LogP contribution in [0.2, 0.25) is 0 Å². The number of hydrogen-bond donors (Lipinski definition) is 0. The molecule has 1 aromatic carbocycles. The quantitative estimate of drug-likeness (QED) is 0.640. The van der Waals surface area contributed by atoms with Crippen molar-refractivity contribution >= 4 is 0 Å². The van der Waals surface area contributed by atoms with Gasteiger partial charge in [0.1, 0.15) is 5.82 Å². The van der Waals surface area contributed by atoms with Crippen molar-refractivity contribution in [3.8, 4) is 0 Å². The van der Waals surface area contributed by atoms with Crippen LogP contribution < -0.4 is 0 Å². The molecule has 0 atom stereocenters. The predicted octanol–water partition coefficient (Wildman–Crippen LogP) is 4.27. The maximum Gasteiger partial charge on any atom is 0.270 e. The van der Waals surface area contributed by atoms with Gasteiger partial charge in [-0.2, -0.15) is 0 Å². The zero-order chi connectivity index (χ0) is 11.4. The first-order valence-electron chi connectivity index (χ1n) is 4.55. The lowest BCUT2D eigenvalue weighted by molar-refractivity contribution is 0.0168. The SMILES string of the molecule is CC.Cc1cc(F)ccc1C(C)(F)F. The molecule has 14 heavy (non-hydrogen) atoms. The lowest BCUT2D eigenvalue weighted by atomic mass is 10.0. The summed E-state index contributed by atoms with van der Waals surface area (Å²) >= 11 is 0. The van der Waals surface area contributed by atoms with Crippen LogP contribution in [0.4, 0.5) is 13.2 Å². The molecule has 1 rings (SSSR count). The largest absolute Gasteiger partial charge is 0.270 e. The second-order valence-corrected chi connectivity index (χ2v) is 2.85. The summed E-state index contributed by atoms with van der Waals surface area (Å²) in [5.74, 6) is -3.38. The molecule has 3 heteroatoms. The number of benzene rings is 1. The van der Waals surface area contributed by atoms with E-state index in [-0.39, 0.29) is 11.1 Å². The van der Waals surface area contributed by atoms with Gasteiger partial charge in [-0.05, 0) is 30.7 Å². The van der Waals surface area contributed by atoms with Crippen LogP contribution in [0.3, 0.4) is 0 Å². The smallest absolute Gasteiger partial charge is 0.207 e. The Balaban J connectivity index is 0.000000791. The topological polar surface area (TPSA) is 0 Å². The Morgan fingerprint density at radius 1 is 1.14 bits per heavy atom. The first-order valence-corrected chi connectivity index (χ1v) is 4.55. The molecule has 0 saturated carbocycles. The van der Waals surface area contributed by atoms with Gasteiger partial charge in [0, 0.05) is 12.5 Å². The molecule has 0 heterocycles. The van der Waals surface area contributed by atoms with Crippen LogP contribution in [0.5, 0.6) is 0 Å². The third kappa shape index (κ3) is 3.40. The average molecular weight is 204 g/mol. The van der Waals surface area contributed by atoms with Crippen molar-refractivity contribution < 1.29 is 13.2 Å². The van der Waals surface area contributed by atoms with Crippen molar-refractivity contribution in [3.63, 3.8) is 0 Å². The van der Waals surface area contributed by atoms with Crippen LogP contribution in [-0.2, 0) is 5.92 Å². The minimum atomic E-state index is -2.89. The van der Waals surface area contributed by atoms with Crippen molar-refractivity contribution in [2.24, 2.45) is 0 Å². The molecule has 0 amide bonds. The fraction of sp³-hybridized carbons (Fsp3) is 0.455. The Labute approximate surface area is 82.8 Å². The monoisotopic (exact) mass is 204 g/mol. The fourth-order valence-electron chi connectivity index (χ4n) is 1.12. The molecule has 0 aliphatic carbocycles. The van der Waals surface area contributed by atoms with Crippen molar-refractivity contribution in [2.75, 3.05) is 0 Å². The summed E-state index contributed by atoms with van der Waals surface area (Å²) in [5.41, 5.74) is 0.159. The van der Waals surface area contributed by atoms with Gasteiger partial charge in [0.15, 0.2) is 0 Å². The van der Waals surface area contributed by atoms with E-state index in [2.05, 4.69) is 0 Å². The van der Waals surface area contributed by atoms with Gasteiger partial charge in [0.05, 0.1) is 0 Å². The summed E-state index contributed by atoms with van der Waals surface area (Å²) in [6.45, 7) is 6.27. The molecule has 0 fully saturated rings. The molecule has 0 unspecified atom stereocenters. The molecule has 0 aliphatic rings. The van der Waals surface area contributed by atoms with Crippen LogP contribution in [0.15, 0.2) is 18.2 Å². The van der Waals surface area contributed by atoms with Gasteiger partial charge in [-0.3, -0.25) is 0 Å². The van der Waals surface area contributed by atoms with E-state index in [9.17, 15) is 13.2 Å². The average Bonchev–Trinajstić information content (AvgIpc) is 2.05. The minimum Gasteiger partial charge on any atom is -0.207 e. The second-order valence-electron chi connectivity index (χ2n) is 2.85. The maximum absolute atomic E-state index is 12.7. The van der Waals surface area contributed by atoms with Crippen LogP contribution in [0.25, 0.3) is 0 Å². The van der Waals surface area contributed by atoms with Crippen LogP contribution in [0, 0.1) is 12.7 Å². The lowest BCUT2D eigenvalue weighted by Crippen LogP contribution is -2.09.